The van der Waals surface area contributed by atoms with E-state index in [0.29, 0.717) is 17.1 Å². The van der Waals surface area contributed by atoms with E-state index < -0.39 is 40.1 Å². The Morgan fingerprint density at radius 1 is 1.19 bits per heavy atom. The van der Waals surface area contributed by atoms with E-state index in [9.17, 15) is 34.4 Å². The first kappa shape index (κ1) is 26.2. The summed E-state index contributed by atoms with van der Waals surface area (Å²) in [5.74, 6) is -2.23. The highest BCUT2D eigenvalue weighted by Crippen LogP contribution is 2.41. The van der Waals surface area contributed by atoms with Crippen LogP contribution in [0.15, 0.2) is 59.8 Å². The number of carboxylic acid groups (broad SMARTS) is 1. The zero-order valence-electron chi connectivity index (χ0n) is 19.4. The number of nitrogens with zero attached hydrogens (tertiary/aromatic N) is 2. The van der Waals surface area contributed by atoms with Crippen LogP contribution in [0.25, 0.3) is 0 Å². The summed E-state index contributed by atoms with van der Waals surface area (Å²) < 4.78 is 5.44. The van der Waals surface area contributed by atoms with Crippen molar-refractivity contribution in [1.82, 2.24) is 10.2 Å². The summed E-state index contributed by atoms with van der Waals surface area (Å²) in [5.41, 5.74) is 1.06. The molecule has 0 aliphatic carbocycles. The molecule has 2 aromatic carbocycles. The first-order valence-electron chi connectivity index (χ1n) is 10.9. The van der Waals surface area contributed by atoms with Gasteiger partial charge in [-0.3, -0.25) is 24.6 Å². The van der Waals surface area contributed by atoms with E-state index in [0.717, 1.165) is 5.57 Å². The number of benzene rings is 2. The number of hydrogen-bond donors (Lipinski definition) is 2. The number of nitrogens with one attached hydrogen (secondary N) is 1. The number of carboxylic acids is 1. The van der Waals surface area contributed by atoms with Gasteiger partial charge in [0.1, 0.15) is 23.7 Å². The third kappa shape index (κ3) is 5.32. The minimum atomic E-state index is -1.26. The average molecular weight is 544 g/mol. The Balaban J connectivity index is 1.49. The Morgan fingerprint density at radius 3 is 2.49 bits per heavy atom. The number of fused-ring (bicyclic) bond motifs is 1. The number of nitro groups is 1. The van der Waals surface area contributed by atoms with Crippen molar-refractivity contribution in [2.75, 3.05) is 17.8 Å². The summed E-state index contributed by atoms with van der Waals surface area (Å²) in [4.78, 5) is 62.0. The van der Waals surface area contributed by atoms with Crippen LogP contribution in [0.1, 0.15) is 26.3 Å². The molecule has 2 aliphatic heterocycles. The van der Waals surface area contributed by atoms with Gasteiger partial charge in [-0.1, -0.05) is 12.1 Å². The van der Waals surface area contributed by atoms with Gasteiger partial charge in [-0.2, -0.15) is 11.8 Å². The third-order valence-corrected chi connectivity index (χ3v) is 7.74. The zero-order chi connectivity index (χ0) is 26.7. The van der Waals surface area contributed by atoms with E-state index in [4.69, 9.17) is 4.74 Å². The van der Waals surface area contributed by atoms with Crippen LogP contribution in [0.4, 0.5) is 5.69 Å². The SMILES string of the molecule is CSCC1=C(C(=O)OCc2ccc([N+](=O)[O-])cc2)N2C(=O)C(NC(=O)c3ccccc3C(=O)O)[C@@H]2SC1. The quantitative estimate of drug-likeness (QED) is 0.209. The number of carbonyl (C=O) groups is 4. The van der Waals surface area contributed by atoms with E-state index >= 15 is 0 Å². The summed E-state index contributed by atoms with van der Waals surface area (Å²) in [6.07, 6.45) is 1.87. The predicted molar refractivity (Wildman–Crippen MR) is 136 cm³/mol. The molecule has 2 heterocycles. The molecule has 0 saturated carbocycles. The summed E-state index contributed by atoms with van der Waals surface area (Å²) in [7, 11) is 0. The smallest absolute Gasteiger partial charge is 0.355 e. The van der Waals surface area contributed by atoms with E-state index in [-0.39, 0.29) is 29.1 Å². The largest absolute Gasteiger partial charge is 0.478 e. The molecule has 4 rings (SSSR count). The molecule has 1 unspecified atom stereocenters. The number of aromatic carboxylic acids is 1. The number of esters is 1. The fourth-order valence-electron chi connectivity index (χ4n) is 3.97. The number of ether oxygens (including phenoxy) is 1. The molecule has 2 aromatic rings. The molecule has 192 valence electrons. The molecule has 2 N–H and O–H groups in total. The molecule has 0 spiro atoms. The van der Waals surface area contributed by atoms with Crippen molar-refractivity contribution in [3.8, 4) is 0 Å². The lowest BCUT2D eigenvalue weighted by molar-refractivity contribution is -0.384. The molecule has 37 heavy (non-hydrogen) atoms. The number of thioether (sulfide) groups is 2. The normalized spacial score (nSPS) is 18.5. The average Bonchev–Trinajstić information content (AvgIpc) is 2.90. The fourth-order valence-corrected chi connectivity index (χ4v) is 6.04. The monoisotopic (exact) mass is 543 g/mol. The lowest BCUT2D eigenvalue weighted by Crippen LogP contribution is -2.70. The number of rotatable bonds is 9. The number of amides is 2. The molecule has 2 aliphatic rings. The Morgan fingerprint density at radius 2 is 1.86 bits per heavy atom. The van der Waals surface area contributed by atoms with Crippen molar-refractivity contribution >= 4 is 53.0 Å². The summed E-state index contributed by atoms with van der Waals surface area (Å²) in [6, 6.07) is 10.3. The third-order valence-electron chi connectivity index (χ3n) is 5.76. The topological polar surface area (TPSA) is 156 Å². The van der Waals surface area contributed by atoms with E-state index in [1.54, 1.807) is 0 Å². The lowest BCUT2D eigenvalue weighted by atomic mass is 10.0. The number of non-ortho nitro benzene ring substituents is 1. The Bertz CT molecular complexity index is 1310. The van der Waals surface area contributed by atoms with Crippen molar-refractivity contribution in [3.63, 3.8) is 0 Å². The Labute approximate surface area is 219 Å². The minimum Gasteiger partial charge on any atom is -0.478 e. The number of hydrogen-bond acceptors (Lipinski definition) is 9. The summed E-state index contributed by atoms with van der Waals surface area (Å²) in [6.45, 7) is -0.140. The van der Waals surface area contributed by atoms with Gasteiger partial charge in [0.25, 0.3) is 17.5 Å². The second-order valence-electron chi connectivity index (χ2n) is 8.10. The molecule has 13 heteroatoms. The molecular weight excluding hydrogens is 522 g/mol. The maximum atomic E-state index is 13.1. The number of nitro benzene ring substituents is 1. The van der Waals surface area contributed by atoms with Gasteiger partial charge in [0.15, 0.2) is 0 Å². The van der Waals surface area contributed by atoms with Crippen molar-refractivity contribution in [1.29, 1.82) is 0 Å². The highest BCUT2D eigenvalue weighted by atomic mass is 32.2. The van der Waals surface area contributed by atoms with Gasteiger partial charge >= 0.3 is 11.9 Å². The van der Waals surface area contributed by atoms with Gasteiger partial charge in [0, 0.05) is 23.6 Å². The van der Waals surface area contributed by atoms with Crippen LogP contribution in [0.3, 0.4) is 0 Å². The van der Waals surface area contributed by atoms with Gasteiger partial charge in [0.05, 0.1) is 16.1 Å². The van der Waals surface area contributed by atoms with Gasteiger partial charge in [0.2, 0.25) is 0 Å². The van der Waals surface area contributed by atoms with E-state index in [2.05, 4.69) is 5.32 Å². The van der Waals surface area contributed by atoms with Crippen molar-refractivity contribution in [2.45, 2.75) is 18.0 Å². The standard InChI is InChI=1S/C24H21N3O8S2/c1-36-11-14-12-37-22-18(25-20(28)16-4-2-3-5-17(16)23(30)31)21(29)26(22)19(14)24(32)35-10-13-6-8-15(9-7-13)27(33)34/h2-9,18,22H,10-12H2,1H3,(H,25,28)(H,30,31)/t18?,22-/m0/s1. The van der Waals surface area contributed by atoms with Crippen molar-refractivity contribution in [3.05, 3.63) is 86.6 Å². The molecule has 11 nitrogen and oxygen atoms in total. The van der Waals surface area contributed by atoms with Crippen molar-refractivity contribution in [2.24, 2.45) is 0 Å². The second-order valence-corrected chi connectivity index (χ2v) is 10.1. The van der Waals surface area contributed by atoms with E-state index in [1.165, 1.54) is 77.0 Å². The van der Waals surface area contributed by atoms with Gasteiger partial charge in [-0.05, 0) is 41.7 Å². The molecule has 2 atom stereocenters. The summed E-state index contributed by atoms with van der Waals surface area (Å²) in [5, 5.41) is 22.2. The number of β-lactam (4-membered cyclic amide) rings is 1. The van der Waals surface area contributed by atoms with Crippen LogP contribution in [0.2, 0.25) is 0 Å². The van der Waals surface area contributed by atoms with Crippen LogP contribution in [-0.2, 0) is 20.9 Å². The zero-order valence-corrected chi connectivity index (χ0v) is 21.0. The minimum absolute atomic E-state index is 0.0663. The van der Waals surface area contributed by atoms with Gasteiger partial charge in [-0.15, -0.1) is 11.8 Å². The van der Waals surface area contributed by atoms with Crippen LogP contribution < -0.4 is 5.32 Å². The Kier molecular flexibility index (Phi) is 7.83. The number of carbonyl (C=O) groups excluding carboxylic acids is 3. The maximum Gasteiger partial charge on any atom is 0.355 e. The van der Waals surface area contributed by atoms with Crippen molar-refractivity contribution < 1.29 is 33.9 Å². The van der Waals surface area contributed by atoms with Crippen LogP contribution >= 0.6 is 23.5 Å². The predicted octanol–water partition coefficient (Wildman–Crippen LogP) is 2.67. The van der Waals surface area contributed by atoms with Gasteiger partial charge in [-0.25, -0.2) is 9.59 Å². The van der Waals surface area contributed by atoms with E-state index in [1.807, 2.05) is 6.26 Å². The highest BCUT2D eigenvalue weighted by molar-refractivity contribution is 8.00. The maximum absolute atomic E-state index is 13.1. The van der Waals surface area contributed by atoms with Gasteiger partial charge < -0.3 is 15.2 Å². The van der Waals surface area contributed by atoms with Crippen LogP contribution in [-0.4, -0.2) is 67.9 Å². The first-order valence-corrected chi connectivity index (χ1v) is 13.4. The molecule has 0 radical (unpaired) electrons. The fraction of sp³-hybridized carbons (Fsp3) is 0.250. The second kappa shape index (κ2) is 11.0. The van der Waals surface area contributed by atoms with Crippen LogP contribution in [0, 0.1) is 10.1 Å². The molecule has 1 fully saturated rings. The molecule has 2 amide bonds. The lowest BCUT2D eigenvalue weighted by Gasteiger charge is -2.49. The van der Waals surface area contributed by atoms with Crippen LogP contribution in [0.5, 0.6) is 0 Å². The molecule has 0 aromatic heterocycles. The molecular formula is C24H21N3O8S2. The first-order chi connectivity index (χ1) is 17.7. The molecule has 1 saturated heterocycles. The highest BCUT2D eigenvalue weighted by Gasteiger charge is 2.54. The molecule has 0 bridgehead atoms. The Hall–Kier alpha value is -3.84. The summed E-state index contributed by atoms with van der Waals surface area (Å²) >= 11 is 2.88.